The van der Waals surface area contributed by atoms with Gasteiger partial charge in [-0.15, -0.1) is 5.10 Å². The van der Waals surface area contributed by atoms with Crippen LogP contribution in [-0.2, 0) is 0 Å². The van der Waals surface area contributed by atoms with E-state index in [0.717, 1.165) is 5.69 Å². The van der Waals surface area contributed by atoms with Crippen molar-refractivity contribution >= 4 is 11.5 Å². The number of hydrogen-bond donors (Lipinski definition) is 2. The molecule has 0 unspecified atom stereocenters. The van der Waals surface area contributed by atoms with Crippen LogP contribution in [0, 0.1) is 11.3 Å². The summed E-state index contributed by atoms with van der Waals surface area (Å²) in [6, 6.07) is 11.0. The van der Waals surface area contributed by atoms with Gasteiger partial charge in [-0.3, -0.25) is 0 Å². The van der Waals surface area contributed by atoms with E-state index in [-0.39, 0.29) is 0 Å². The van der Waals surface area contributed by atoms with Crippen molar-refractivity contribution in [3.8, 4) is 11.8 Å². The molecule has 6 heteroatoms. The first-order valence-electron chi connectivity index (χ1n) is 5.75. The van der Waals surface area contributed by atoms with Crippen LogP contribution in [0.4, 0.5) is 11.5 Å². The van der Waals surface area contributed by atoms with Crippen LogP contribution in [-0.4, -0.2) is 23.3 Å². The van der Waals surface area contributed by atoms with E-state index in [1.54, 1.807) is 6.07 Å². The number of nitriles is 1. The van der Waals surface area contributed by atoms with Gasteiger partial charge in [-0.1, -0.05) is 6.07 Å². The molecule has 1 aromatic carbocycles. The predicted molar refractivity (Wildman–Crippen MR) is 71.0 cm³/mol. The van der Waals surface area contributed by atoms with Crippen molar-refractivity contribution in [2.45, 2.75) is 0 Å². The molecular formula is C13H13N5O. The minimum Gasteiger partial charge on any atom is -0.492 e. The standard InChI is InChI=1S/C13H13N5O/c14-5-7-19-12-3-1-2-11(8-12)17-13-10(9-15)4-6-16-18-13/h1-4,6,8H,5,7,14H2,(H,17,18). The van der Waals surface area contributed by atoms with Crippen LogP contribution < -0.4 is 15.8 Å². The Morgan fingerprint density at radius 3 is 3.05 bits per heavy atom. The highest BCUT2D eigenvalue weighted by Crippen LogP contribution is 2.21. The number of hydrogen-bond acceptors (Lipinski definition) is 6. The zero-order valence-electron chi connectivity index (χ0n) is 10.2. The first-order chi connectivity index (χ1) is 9.33. The van der Waals surface area contributed by atoms with Gasteiger partial charge >= 0.3 is 0 Å². The van der Waals surface area contributed by atoms with Crippen molar-refractivity contribution in [1.82, 2.24) is 10.2 Å². The van der Waals surface area contributed by atoms with Gasteiger partial charge in [-0.25, -0.2) is 0 Å². The number of nitrogens with zero attached hydrogens (tertiary/aromatic N) is 3. The fourth-order valence-electron chi connectivity index (χ4n) is 1.49. The Balaban J connectivity index is 2.17. The van der Waals surface area contributed by atoms with Crippen LogP contribution in [0.3, 0.4) is 0 Å². The van der Waals surface area contributed by atoms with Gasteiger partial charge in [0, 0.05) is 18.3 Å². The fraction of sp³-hybridized carbons (Fsp3) is 0.154. The van der Waals surface area contributed by atoms with Crippen molar-refractivity contribution in [3.63, 3.8) is 0 Å². The molecule has 2 rings (SSSR count). The molecule has 0 bridgehead atoms. The smallest absolute Gasteiger partial charge is 0.171 e. The SMILES string of the molecule is N#Cc1ccnnc1Nc1cccc(OCCN)c1. The lowest BCUT2D eigenvalue weighted by atomic mass is 10.2. The average molecular weight is 255 g/mol. The molecule has 0 aliphatic carbocycles. The van der Waals surface area contributed by atoms with E-state index in [0.29, 0.717) is 30.3 Å². The maximum Gasteiger partial charge on any atom is 0.171 e. The zero-order valence-corrected chi connectivity index (χ0v) is 10.2. The molecule has 6 nitrogen and oxygen atoms in total. The van der Waals surface area contributed by atoms with Crippen LogP contribution in [0.15, 0.2) is 36.5 Å². The number of nitrogens with two attached hydrogens (primary N) is 1. The predicted octanol–water partition coefficient (Wildman–Crippen LogP) is 1.43. The largest absolute Gasteiger partial charge is 0.492 e. The summed E-state index contributed by atoms with van der Waals surface area (Å²) < 4.78 is 5.42. The maximum atomic E-state index is 8.97. The molecule has 1 aromatic heterocycles. The van der Waals surface area contributed by atoms with E-state index >= 15 is 0 Å². The Labute approximate surface area is 110 Å². The molecule has 0 atom stereocenters. The third kappa shape index (κ3) is 3.40. The summed E-state index contributed by atoms with van der Waals surface area (Å²) in [5.74, 6) is 1.12. The van der Waals surface area contributed by atoms with Gasteiger partial charge < -0.3 is 15.8 Å². The Morgan fingerprint density at radius 1 is 1.37 bits per heavy atom. The quantitative estimate of drug-likeness (QED) is 0.838. The Morgan fingerprint density at radius 2 is 2.26 bits per heavy atom. The number of anilines is 2. The number of ether oxygens (including phenoxy) is 1. The average Bonchev–Trinajstić information content (AvgIpc) is 2.46. The second-order valence-corrected chi connectivity index (χ2v) is 3.70. The van der Waals surface area contributed by atoms with Gasteiger partial charge in [-0.05, 0) is 18.2 Å². The number of benzene rings is 1. The first kappa shape index (κ1) is 12.8. The van der Waals surface area contributed by atoms with Crippen molar-refractivity contribution in [2.75, 3.05) is 18.5 Å². The van der Waals surface area contributed by atoms with Crippen molar-refractivity contribution < 1.29 is 4.74 Å². The molecule has 2 aromatic rings. The lowest BCUT2D eigenvalue weighted by molar-refractivity contribution is 0.328. The Kier molecular flexibility index (Phi) is 4.26. The molecule has 0 saturated carbocycles. The molecular weight excluding hydrogens is 242 g/mol. The van der Waals surface area contributed by atoms with Gasteiger partial charge in [-0.2, -0.15) is 10.4 Å². The van der Waals surface area contributed by atoms with Gasteiger partial charge in [0.15, 0.2) is 5.82 Å². The van der Waals surface area contributed by atoms with Crippen LogP contribution >= 0.6 is 0 Å². The highest BCUT2D eigenvalue weighted by molar-refractivity contribution is 5.63. The monoisotopic (exact) mass is 255 g/mol. The Bertz CT molecular complexity index is 594. The van der Waals surface area contributed by atoms with Gasteiger partial charge in [0.1, 0.15) is 18.4 Å². The fourth-order valence-corrected chi connectivity index (χ4v) is 1.49. The van der Waals surface area contributed by atoms with Crippen molar-refractivity contribution in [3.05, 3.63) is 42.1 Å². The minimum absolute atomic E-state index is 0.418. The summed E-state index contributed by atoms with van der Waals surface area (Å²) >= 11 is 0. The van der Waals surface area contributed by atoms with Crippen LogP contribution in [0.1, 0.15) is 5.56 Å². The second kappa shape index (κ2) is 6.33. The highest BCUT2D eigenvalue weighted by Gasteiger charge is 2.04. The van der Waals surface area contributed by atoms with Crippen LogP contribution in [0.5, 0.6) is 5.75 Å². The zero-order chi connectivity index (χ0) is 13.5. The molecule has 0 amide bonds. The van der Waals surface area contributed by atoms with E-state index in [4.69, 9.17) is 15.7 Å². The van der Waals surface area contributed by atoms with Gasteiger partial charge in [0.25, 0.3) is 0 Å². The highest BCUT2D eigenvalue weighted by atomic mass is 16.5. The number of nitrogens with one attached hydrogen (secondary N) is 1. The molecule has 0 fully saturated rings. The van der Waals surface area contributed by atoms with E-state index in [2.05, 4.69) is 21.6 Å². The maximum absolute atomic E-state index is 8.97. The van der Waals surface area contributed by atoms with Gasteiger partial charge in [0.2, 0.25) is 0 Å². The minimum atomic E-state index is 0.418. The molecule has 19 heavy (non-hydrogen) atoms. The normalized spacial score (nSPS) is 9.68. The lowest BCUT2D eigenvalue weighted by Gasteiger charge is -2.09. The van der Waals surface area contributed by atoms with Crippen LogP contribution in [0.25, 0.3) is 0 Å². The van der Waals surface area contributed by atoms with E-state index in [1.807, 2.05) is 24.3 Å². The molecule has 0 spiro atoms. The molecule has 96 valence electrons. The third-order valence-corrected chi connectivity index (χ3v) is 2.32. The van der Waals surface area contributed by atoms with E-state index in [1.165, 1.54) is 6.20 Å². The molecule has 0 aliphatic rings. The van der Waals surface area contributed by atoms with Crippen molar-refractivity contribution in [2.24, 2.45) is 5.73 Å². The van der Waals surface area contributed by atoms with E-state index in [9.17, 15) is 0 Å². The summed E-state index contributed by atoms with van der Waals surface area (Å²) in [5, 5.41) is 19.6. The first-order valence-corrected chi connectivity index (χ1v) is 5.75. The topological polar surface area (TPSA) is 96.8 Å². The molecule has 0 radical (unpaired) electrons. The third-order valence-electron chi connectivity index (χ3n) is 2.32. The number of rotatable bonds is 5. The summed E-state index contributed by atoms with van der Waals surface area (Å²) in [6.45, 7) is 0.915. The van der Waals surface area contributed by atoms with Gasteiger partial charge in [0.05, 0.1) is 11.8 Å². The summed E-state index contributed by atoms with van der Waals surface area (Å²) in [4.78, 5) is 0. The number of aromatic nitrogens is 2. The summed E-state index contributed by atoms with van der Waals surface area (Å²) in [5.41, 5.74) is 6.58. The van der Waals surface area contributed by atoms with E-state index < -0.39 is 0 Å². The summed E-state index contributed by atoms with van der Waals surface area (Å²) in [6.07, 6.45) is 1.48. The lowest BCUT2D eigenvalue weighted by Crippen LogP contribution is -2.10. The van der Waals surface area contributed by atoms with Crippen molar-refractivity contribution in [1.29, 1.82) is 5.26 Å². The summed E-state index contributed by atoms with van der Waals surface area (Å²) in [7, 11) is 0. The van der Waals surface area contributed by atoms with Crippen LogP contribution in [0.2, 0.25) is 0 Å². The molecule has 1 heterocycles. The molecule has 0 aliphatic heterocycles. The molecule has 0 saturated heterocycles. The molecule has 3 N–H and O–H groups in total. The Hall–Kier alpha value is -2.65. The second-order valence-electron chi connectivity index (χ2n) is 3.70.